The van der Waals surface area contributed by atoms with Gasteiger partial charge in [0.2, 0.25) is 0 Å². The Balaban J connectivity index is 2.66. The number of halogens is 3. The van der Waals surface area contributed by atoms with Gasteiger partial charge in [0, 0.05) is 11.6 Å². The fourth-order valence-electron chi connectivity index (χ4n) is 2.39. The number of hydrogen-bond donors (Lipinski definition) is 1. The normalized spacial score (nSPS) is 13.0. The maximum Gasteiger partial charge on any atom is 0.134 e. The lowest BCUT2D eigenvalue weighted by Gasteiger charge is -2.22. The van der Waals surface area contributed by atoms with Crippen molar-refractivity contribution in [2.24, 2.45) is 0 Å². The molecule has 0 amide bonds. The predicted octanol–water partition coefficient (Wildman–Crippen LogP) is 4.01. The molecule has 0 saturated carbocycles. The standard InChI is InChI=1S/C15H18ClF2N3/c1-8(2)21-15(10(16)7-20-21)14(19-4)12-11(17)6-5-9(3)13(12)18/h5-8,14,19H,1-4H3. The van der Waals surface area contributed by atoms with Crippen LogP contribution in [0.2, 0.25) is 5.02 Å². The van der Waals surface area contributed by atoms with Gasteiger partial charge >= 0.3 is 0 Å². The Bertz CT molecular complexity index is 653. The van der Waals surface area contributed by atoms with Crippen molar-refractivity contribution in [3.05, 3.63) is 51.8 Å². The highest BCUT2D eigenvalue weighted by Crippen LogP contribution is 2.33. The zero-order chi connectivity index (χ0) is 15.7. The summed E-state index contributed by atoms with van der Waals surface area (Å²) in [7, 11) is 1.64. The van der Waals surface area contributed by atoms with Crippen LogP contribution in [-0.4, -0.2) is 16.8 Å². The van der Waals surface area contributed by atoms with Crippen LogP contribution < -0.4 is 5.32 Å². The van der Waals surface area contributed by atoms with E-state index < -0.39 is 17.7 Å². The number of nitrogens with zero attached hydrogens (tertiary/aromatic N) is 2. The second kappa shape index (κ2) is 6.12. The van der Waals surface area contributed by atoms with Crippen LogP contribution in [0, 0.1) is 18.6 Å². The first-order chi connectivity index (χ1) is 9.88. The molecule has 1 aromatic carbocycles. The number of aromatic nitrogens is 2. The zero-order valence-corrected chi connectivity index (χ0v) is 13.2. The lowest BCUT2D eigenvalue weighted by atomic mass is 9.99. The summed E-state index contributed by atoms with van der Waals surface area (Å²) in [6.07, 6.45) is 1.49. The van der Waals surface area contributed by atoms with Crippen molar-refractivity contribution in [3.8, 4) is 0 Å². The van der Waals surface area contributed by atoms with E-state index in [0.29, 0.717) is 16.3 Å². The number of benzene rings is 1. The van der Waals surface area contributed by atoms with Crippen molar-refractivity contribution < 1.29 is 8.78 Å². The summed E-state index contributed by atoms with van der Waals surface area (Å²) in [6.45, 7) is 5.47. The van der Waals surface area contributed by atoms with Gasteiger partial charge in [-0.05, 0) is 39.4 Å². The van der Waals surface area contributed by atoms with Crippen LogP contribution in [0.1, 0.15) is 42.8 Å². The molecule has 1 atom stereocenters. The first-order valence-corrected chi connectivity index (χ1v) is 7.11. The van der Waals surface area contributed by atoms with Gasteiger partial charge in [-0.2, -0.15) is 5.10 Å². The first-order valence-electron chi connectivity index (χ1n) is 6.73. The minimum atomic E-state index is -0.706. The van der Waals surface area contributed by atoms with Gasteiger partial charge in [0.15, 0.2) is 0 Å². The minimum absolute atomic E-state index is 0.0271. The maximum atomic E-state index is 14.4. The lowest BCUT2D eigenvalue weighted by Crippen LogP contribution is -2.25. The van der Waals surface area contributed by atoms with Gasteiger partial charge in [-0.25, -0.2) is 8.78 Å². The van der Waals surface area contributed by atoms with Gasteiger partial charge in [-0.15, -0.1) is 0 Å². The molecular weight excluding hydrogens is 296 g/mol. The molecule has 0 fully saturated rings. The van der Waals surface area contributed by atoms with Gasteiger partial charge in [0.1, 0.15) is 11.6 Å². The first kappa shape index (κ1) is 15.9. The van der Waals surface area contributed by atoms with E-state index in [4.69, 9.17) is 11.6 Å². The summed E-state index contributed by atoms with van der Waals surface area (Å²) in [6, 6.07) is 2.01. The van der Waals surface area contributed by atoms with Crippen LogP contribution in [0.5, 0.6) is 0 Å². The lowest BCUT2D eigenvalue weighted by molar-refractivity contribution is 0.461. The molecule has 0 saturated heterocycles. The molecule has 1 unspecified atom stereocenters. The fraction of sp³-hybridized carbons (Fsp3) is 0.400. The second-order valence-electron chi connectivity index (χ2n) is 5.23. The van der Waals surface area contributed by atoms with E-state index in [-0.39, 0.29) is 11.6 Å². The van der Waals surface area contributed by atoms with E-state index in [1.54, 1.807) is 18.7 Å². The summed E-state index contributed by atoms with van der Waals surface area (Å²) < 4.78 is 30.2. The molecule has 0 bridgehead atoms. The number of hydrogen-bond acceptors (Lipinski definition) is 2. The highest BCUT2D eigenvalue weighted by Gasteiger charge is 2.27. The maximum absolute atomic E-state index is 14.4. The van der Waals surface area contributed by atoms with Gasteiger partial charge in [0.25, 0.3) is 0 Å². The number of rotatable bonds is 4. The number of nitrogens with one attached hydrogen (secondary N) is 1. The molecular formula is C15H18ClF2N3. The molecule has 1 N–H and O–H groups in total. The number of aryl methyl sites for hydroxylation is 1. The quantitative estimate of drug-likeness (QED) is 0.924. The molecule has 0 radical (unpaired) electrons. The molecule has 1 aromatic heterocycles. The van der Waals surface area contributed by atoms with E-state index in [9.17, 15) is 8.78 Å². The molecule has 3 nitrogen and oxygen atoms in total. The van der Waals surface area contributed by atoms with Crippen LogP contribution >= 0.6 is 11.6 Å². The average Bonchev–Trinajstić information content (AvgIpc) is 2.81. The van der Waals surface area contributed by atoms with Crippen molar-refractivity contribution in [1.29, 1.82) is 0 Å². The van der Waals surface area contributed by atoms with Crippen molar-refractivity contribution in [2.45, 2.75) is 32.9 Å². The largest absolute Gasteiger partial charge is 0.308 e. The molecule has 0 aliphatic heterocycles. The average molecular weight is 314 g/mol. The van der Waals surface area contributed by atoms with Gasteiger partial charge in [-0.3, -0.25) is 4.68 Å². The van der Waals surface area contributed by atoms with E-state index >= 15 is 0 Å². The second-order valence-corrected chi connectivity index (χ2v) is 5.64. The Labute approximate surface area is 127 Å². The molecule has 0 aliphatic rings. The molecule has 6 heteroatoms. The molecule has 2 rings (SSSR count). The van der Waals surface area contributed by atoms with Crippen LogP contribution in [0.4, 0.5) is 8.78 Å². The van der Waals surface area contributed by atoms with Crippen molar-refractivity contribution >= 4 is 11.6 Å². The fourth-order valence-corrected chi connectivity index (χ4v) is 2.63. The Kier molecular flexibility index (Phi) is 4.64. The van der Waals surface area contributed by atoms with Crippen molar-refractivity contribution in [1.82, 2.24) is 15.1 Å². The highest BCUT2D eigenvalue weighted by atomic mass is 35.5. The van der Waals surface area contributed by atoms with E-state index in [1.807, 2.05) is 13.8 Å². The van der Waals surface area contributed by atoms with Crippen LogP contribution in [0.25, 0.3) is 0 Å². The molecule has 0 aliphatic carbocycles. The molecule has 21 heavy (non-hydrogen) atoms. The van der Waals surface area contributed by atoms with E-state index in [1.165, 1.54) is 18.3 Å². The van der Waals surface area contributed by atoms with Crippen LogP contribution in [0.3, 0.4) is 0 Å². The van der Waals surface area contributed by atoms with Crippen LogP contribution in [-0.2, 0) is 0 Å². The van der Waals surface area contributed by atoms with Gasteiger partial charge in [-0.1, -0.05) is 17.7 Å². The van der Waals surface area contributed by atoms with E-state index in [0.717, 1.165) is 0 Å². The van der Waals surface area contributed by atoms with Gasteiger partial charge in [0.05, 0.1) is 23.0 Å². The zero-order valence-electron chi connectivity index (χ0n) is 12.4. The monoisotopic (exact) mass is 313 g/mol. The van der Waals surface area contributed by atoms with Gasteiger partial charge < -0.3 is 5.32 Å². The molecule has 1 heterocycles. The third kappa shape index (κ3) is 2.80. The summed E-state index contributed by atoms with van der Waals surface area (Å²) >= 11 is 6.19. The smallest absolute Gasteiger partial charge is 0.134 e. The Morgan fingerprint density at radius 3 is 2.52 bits per heavy atom. The third-order valence-corrected chi connectivity index (χ3v) is 3.74. The summed E-state index contributed by atoms with van der Waals surface area (Å²) in [5.41, 5.74) is 0.901. The minimum Gasteiger partial charge on any atom is -0.308 e. The third-order valence-electron chi connectivity index (χ3n) is 3.45. The Hall–Kier alpha value is -1.46. The van der Waals surface area contributed by atoms with Crippen molar-refractivity contribution in [2.75, 3.05) is 7.05 Å². The topological polar surface area (TPSA) is 29.9 Å². The van der Waals surface area contributed by atoms with Crippen molar-refractivity contribution in [3.63, 3.8) is 0 Å². The van der Waals surface area contributed by atoms with Crippen LogP contribution in [0.15, 0.2) is 18.3 Å². The SMILES string of the molecule is CNC(c1c(F)ccc(C)c1F)c1c(Cl)cnn1C(C)C. The Morgan fingerprint density at radius 1 is 1.29 bits per heavy atom. The molecule has 0 spiro atoms. The molecule has 2 aromatic rings. The van der Waals surface area contributed by atoms with E-state index in [2.05, 4.69) is 10.4 Å². The Morgan fingerprint density at radius 2 is 1.95 bits per heavy atom. The predicted molar refractivity (Wildman–Crippen MR) is 79.6 cm³/mol. The summed E-state index contributed by atoms with van der Waals surface area (Å²) in [5.74, 6) is -1.17. The highest BCUT2D eigenvalue weighted by molar-refractivity contribution is 6.31. The summed E-state index contributed by atoms with van der Waals surface area (Å²) in [4.78, 5) is 0. The summed E-state index contributed by atoms with van der Waals surface area (Å²) in [5, 5.41) is 7.51. The molecule has 114 valence electrons.